The van der Waals surface area contributed by atoms with Crippen molar-refractivity contribution in [3.63, 3.8) is 0 Å². The molecule has 0 fully saturated rings. The number of carbonyl (C=O) groups is 3. The summed E-state index contributed by atoms with van der Waals surface area (Å²) >= 11 is 0. The van der Waals surface area contributed by atoms with E-state index in [1.54, 1.807) is 28.7 Å². The molecule has 0 saturated heterocycles. The van der Waals surface area contributed by atoms with Crippen LogP contribution >= 0.6 is 0 Å². The fourth-order valence-corrected chi connectivity index (χ4v) is 4.60. The fraction of sp³-hybridized carbons (Fsp3) is 0.296. The average Bonchev–Trinajstić information content (AvgIpc) is 2.85. The number of carboxylic acids is 1. The number of terminal acetylenes is 1. The van der Waals surface area contributed by atoms with Gasteiger partial charge in [-0.25, -0.2) is 22.6 Å². The number of anilines is 1. The number of aliphatic carboxylic acids is 1. The lowest BCUT2D eigenvalue weighted by Gasteiger charge is -2.24. The monoisotopic (exact) mass is 585 g/mol. The number of rotatable bonds is 11. The summed E-state index contributed by atoms with van der Waals surface area (Å²) in [6.45, 7) is 3.81. The number of nitrogens with zero attached hydrogens (tertiary/aromatic N) is 2. The molecular formula is C27H28FN5O7S. The number of sulfonamides is 1. The molecule has 41 heavy (non-hydrogen) atoms. The minimum atomic E-state index is -3.83. The molecular weight excluding hydrogens is 557 g/mol. The average molecular weight is 586 g/mol. The van der Waals surface area contributed by atoms with Gasteiger partial charge in [0.05, 0.1) is 29.3 Å². The van der Waals surface area contributed by atoms with Gasteiger partial charge in [-0.05, 0) is 61.7 Å². The van der Waals surface area contributed by atoms with Crippen molar-refractivity contribution >= 4 is 44.4 Å². The van der Waals surface area contributed by atoms with E-state index in [-0.39, 0.29) is 18.6 Å². The molecule has 0 radical (unpaired) electrons. The van der Waals surface area contributed by atoms with Gasteiger partial charge in [0.15, 0.2) is 0 Å². The second-order valence-electron chi connectivity index (χ2n) is 9.37. The summed E-state index contributed by atoms with van der Waals surface area (Å²) in [6.07, 6.45) is 5.36. The largest absolute Gasteiger partial charge is 0.480 e. The molecule has 3 aromatic rings. The molecule has 0 aliphatic carbocycles. The first kappa shape index (κ1) is 30.8. The molecule has 216 valence electrons. The number of halogens is 1. The van der Waals surface area contributed by atoms with Gasteiger partial charge in [0, 0.05) is 18.7 Å². The molecule has 4 N–H and O–H groups in total. The van der Waals surface area contributed by atoms with Crippen LogP contribution in [-0.4, -0.2) is 60.1 Å². The molecule has 0 unspecified atom stereocenters. The number of aromatic amines is 1. The summed E-state index contributed by atoms with van der Waals surface area (Å²) in [5.41, 5.74) is 1.70. The molecule has 0 spiro atoms. The Labute approximate surface area is 235 Å². The topological polar surface area (TPSA) is 179 Å². The molecule has 2 aromatic carbocycles. The predicted molar refractivity (Wildman–Crippen MR) is 149 cm³/mol. The number of fused-ring (bicyclic) bond motifs is 1. The van der Waals surface area contributed by atoms with Gasteiger partial charge in [-0.1, -0.05) is 5.92 Å². The van der Waals surface area contributed by atoms with Crippen molar-refractivity contribution in [2.24, 2.45) is 0 Å². The number of hydrogen-bond acceptors (Lipinski definition) is 8. The van der Waals surface area contributed by atoms with Crippen LogP contribution in [0.1, 0.15) is 40.2 Å². The van der Waals surface area contributed by atoms with E-state index in [0.29, 0.717) is 22.4 Å². The first-order chi connectivity index (χ1) is 19.2. The smallest absolute Gasteiger partial charge is 0.326 e. The zero-order chi connectivity index (χ0) is 30.5. The summed E-state index contributed by atoms with van der Waals surface area (Å²) in [7, 11) is -3.83. The van der Waals surface area contributed by atoms with E-state index >= 15 is 4.39 Å². The van der Waals surface area contributed by atoms with Crippen molar-refractivity contribution in [1.82, 2.24) is 20.0 Å². The van der Waals surface area contributed by atoms with Gasteiger partial charge in [-0.2, -0.15) is 0 Å². The van der Waals surface area contributed by atoms with E-state index in [0.717, 1.165) is 23.4 Å². The molecule has 12 nitrogen and oxygen atoms in total. The van der Waals surface area contributed by atoms with Gasteiger partial charge < -0.3 is 20.3 Å². The number of H-pyrrole nitrogens is 1. The Morgan fingerprint density at radius 2 is 1.93 bits per heavy atom. The fourth-order valence-electron chi connectivity index (χ4n) is 4.09. The molecule has 0 aliphatic heterocycles. The van der Waals surface area contributed by atoms with Crippen molar-refractivity contribution in [2.45, 2.75) is 39.3 Å². The normalized spacial score (nSPS) is 11.9. The Kier molecular flexibility index (Phi) is 9.46. The van der Waals surface area contributed by atoms with Gasteiger partial charge in [-0.3, -0.25) is 19.1 Å². The van der Waals surface area contributed by atoms with E-state index in [9.17, 15) is 32.7 Å². The van der Waals surface area contributed by atoms with Crippen molar-refractivity contribution in [2.75, 3.05) is 17.7 Å². The van der Waals surface area contributed by atoms with E-state index < -0.39 is 58.1 Å². The van der Waals surface area contributed by atoms with Crippen LogP contribution in [0.4, 0.5) is 10.1 Å². The zero-order valence-corrected chi connectivity index (χ0v) is 23.3. The highest BCUT2D eigenvalue weighted by atomic mass is 32.2. The van der Waals surface area contributed by atoms with Gasteiger partial charge >= 0.3 is 5.97 Å². The highest BCUT2D eigenvalue weighted by Crippen LogP contribution is 2.24. The SMILES string of the molecule is C#CCN(Cc1cc2c(=O)[nH]c(C)nc2cc1C)c1ccc(C(=O)N[C@@H](CCC(=O)NS(C)(=O)=O)C(=O)O)c(F)c1. The Hall–Kier alpha value is -4.77. The number of aryl methyl sites for hydroxylation is 2. The Bertz CT molecular complexity index is 1730. The maximum Gasteiger partial charge on any atom is 0.326 e. The van der Waals surface area contributed by atoms with Crippen LogP contribution in [0.2, 0.25) is 0 Å². The highest BCUT2D eigenvalue weighted by molar-refractivity contribution is 7.89. The third-order valence-electron chi connectivity index (χ3n) is 6.05. The van der Waals surface area contributed by atoms with Crippen molar-refractivity contribution in [3.05, 3.63) is 69.0 Å². The van der Waals surface area contributed by atoms with Crippen LogP contribution in [0.5, 0.6) is 0 Å². The molecule has 14 heteroatoms. The van der Waals surface area contributed by atoms with Crippen molar-refractivity contribution in [3.8, 4) is 12.3 Å². The van der Waals surface area contributed by atoms with Crippen molar-refractivity contribution < 1.29 is 32.3 Å². The highest BCUT2D eigenvalue weighted by Gasteiger charge is 2.24. The summed E-state index contributed by atoms with van der Waals surface area (Å²) in [5.74, 6) is -1.45. The first-order valence-electron chi connectivity index (χ1n) is 12.2. The summed E-state index contributed by atoms with van der Waals surface area (Å²) in [5, 5.41) is 11.9. The molecule has 0 saturated carbocycles. The number of nitrogens with one attached hydrogen (secondary N) is 3. The molecule has 0 bridgehead atoms. The van der Waals surface area contributed by atoms with Crippen LogP contribution in [0, 0.1) is 32.0 Å². The zero-order valence-electron chi connectivity index (χ0n) is 22.4. The second-order valence-corrected chi connectivity index (χ2v) is 11.1. The van der Waals surface area contributed by atoms with Gasteiger partial charge in [-0.15, -0.1) is 6.42 Å². The summed E-state index contributed by atoms with van der Waals surface area (Å²) in [4.78, 5) is 57.1. The number of hydrogen-bond donors (Lipinski definition) is 4. The summed E-state index contributed by atoms with van der Waals surface area (Å²) in [6, 6.07) is 5.58. The Morgan fingerprint density at radius 3 is 2.54 bits per heavy atom. The molecule has 0 aliphatic rings. The van der Waals surface area contributed by atoms with Gasteiger partial charge in [0.2, 0.25) is 15.9 Å². The maximum atomic E-state index is 15.1. The number of carbonyl (C=O) groups excluding carboxylic acids is 2. The number of benzene rings is 2. The van der Waals surface area contributed by atoms with E-state index in [4.69, 9.17) is 6.42 Å². The molecule has 1 aromatic heterocycles. The number of amides is 2. The van der Waals surface area contributed by atoms with Crippen LogP contribution in [0.15, 0.2) is 35.1 Å². The minimum absolute atomic E-state index is 0.0710. The molecule has 1 heterocycles. The van der Waals surface area contributed by atoms with Crippen molar-refractivity contribution in [1.29, 1.82) is 0 Å². The lowest BCUT2D eigenvalue weighted by atomic mass is 10.0. The lowest BCUT2D eigenvalue weighted by Crippen LogP contribution is -2.42. The van der Waals surface area contributed by atoms with E-state index in [1.165, 1.54) is 12.1 Å². The minimum Gasteiger partial charge on any atom is -0.480 e. The number of carboxylic acid groups (broad SMARTS) is 1. The van der Waals surface area contributed by atoms with Crippen LogP contribution in [0.25, 0.3) is 10.9 Å². The van der Waals surface area contributed by atoms with Crippen LogP contribution in [0.3, 0.4) is 0 Å². The third-order valence-corrected chi connectivity index (χ3v) is 6.65. The van der Waals surface area contributed by atoms with Crippen LogP contribution < -0.4 is 20.5 Å². The maximum absolute atomic E-state index is 15.1. The second kappa shape index (κ2) is 12.6. The predicted octanol–water partition coefficient (Wildman–Crippen LogP) is 1.36. The van der Waals surface area contributed by atoms with E-state index in [1.807, 2.05) is 6.92 Å². The van der Waals surface area contributed by atoms with Crippen LogP contribution in [-0.2, 0) is 26.2 Å². The molecule has 1 atom stereocenters. The van der Waals surface area contributed by atoms with Gasteiger partial charge in [0.1, 0.15) is 17.7 Å². The van der Waals surface area contributed by atoms with E-state index in [2.05, 4.69) is 21.2 Å². The Balaban J connectivity index is 1.80. The molecule has 2 amide bonds. The molecule has 3 rings (SSSR count). The number of aromatic nitrogens is 2. The third kappa shape index (κ3) is 8.12. The standard InChI is InChI=1S/C27H28FN5O7S/c1-5-10-33(14-17-12-20-23(11-15(17)2)29-16(3)30-26(20)36)18-6-7-19(21(28)13-18)25(35)31-22(27(37)38)8-9-24(34)32-41(4,39)40/h1,6-7,11-13,22H,8-10,14H2,2-4H3,(H,31,35)(H,32,34)(H,37,38)(H,29,30,36)/t22-/m0/s1. The Morgan fingerprint density at radius 1 is 1.22 bits per heavy atom. The quantitative estimate of drug-likeness (QED) is 0.242. The lowest BCUT2D eigenvalue weighted by molar-refractivity contribution is -0.139. The van der Waals surface area contributed by atoms with Gasteiger partial charge in [0.25, 0.3) is 11.5 Å². The first-order valence-corrected chi connectivity index (χ1v) is 14.1. The summed E-state index contributed by atoms with van der Waals surface area (Å²) < 4.78 is 39.1.